The molecule has 0 saturated carbocycles. The van der Waals surface area contributed by atoms with Crippen LogP contribution in [0.2, 0.25) is 0 Å². The minimum absolute atomic E-state index is 0.00231. The molecule has 1 unspecified atom stereocenters. The van der Waals surface area contributed by atoms with E-state index < -0.39 is 26.3 Å². The Kier molecular flexibility index (Phi) is 10.1. The molecule has 0 spiro atoms. The van der Waals surface area contributed by atoms with Crippen LogP contribution in [0.5, 0.6) is 5.75 Å². The van der Waals surface area contributed by atoms with E-state index in [0.29, 0.717) is 11.6 Å². The Morgan fingerprint density at radius 3 is 2.61 bits per heavy atom. The Labute approximate surface area is 185 Å². The van der Waals surface area contributed by atoms with E-state index in [1.54, 1.807) is 6.92 Å². The summed E-state index contributed by atoms with van der Waals surface area (Å²) in [7, 11) is -0.726. The number of unbranched alkanes of at least 4 members (excludes halogenated alkanes) is 2. The molecule has 2 aromatic rings. The van der Waals surface area contributed by atoms with Gasteiger partial charge in [-0.25, -0.2) is 0 Å². The van der Waals surface area contributed by atoms with E-state index in [4.69, 9.17) is 24.6 Å². The second-order valence-electron chi connectivity index (χ2n) is 7.09. The fourth-order valence-electron chi connectivity index (χ4n) is 2.59. The first-order chi connectivity index (χ1) is 14.7. The smallest absolute Gasteiger partial charge is 0.419 e. The normalized spacial score (nSPS) is 14.3. The van der Waals surface area contributed by atoms with Gasteiger partial charge in [0.05, 0.1) is 24.3 Å². The van der Waals surface area contributed by atoms with Crippen molar-refractivity contribution in [3.63, 3.8) is 0 Å². The summed E-state index contributed by atoms with van der Waals surface area (Å²) in [6.07, 6.45) is -1.57. The molecule has 12 heteroatoms. The van der Waals surface area contributed by atoms with Crippen molar-refractivity contribution in [2.75, 3.05) is 26.4 Å². The van der Waals surface area contributed by atoms with E-state index in [2.05, 4.69) is 17.1 Å². The first-order valence-corrected chi connectivity index (χ1v) is 11.4. The van der Waals surface area contributed by atoms with E-state index in [9.17, 15) is 13.2 Å². The molecule has 0 aliphatic carbocycles. The zero-order valence-corrected chi connectivity index (χ0v) is 19.2. The Balaban J connectivity index is 2.11. The van der Waals surface area contributed by atoms with Crippen molar-refractivity contribution < 1.29 is 32.1 Å². The van der Waals surface area contributed by atoms with Gasteiger partial charge in [0.2, 0.25) is 0 Å². The monoisotopic (exact) mass is 481 g/mol. The number of rotatable bonds is 13. The highest BCUT2D eigenvalue weighted by molar-refractivity contribution is 7.24. The van der Waals surface area contributed by atoms with E-state index in [0.717, 1.165) is 36.7 Å². The molecule has 1 aromatic carbocycles. The van der Waals surface area contributed by atoms with E-state index >= 15 is 0 Å². The van der Waals surface area contributed by atoms with Crippen LogP contribution in [0.1, 0.15) is 43.7 Å². The first kappa shape index (κ1) is 25.9. The lowest BCUT2D eigenvalue weighted by Gasteiger charge is -2.19. The van der Waals surface area contributed by atoms with Gasteiger partial charge in [-0.15, -0.1) is 10.2 Å². The number of benzene rings is 1. The molecular formula is C19H27F3N3O4PS. The van der Waals surface area contributed by atoms with Gasteiger partial charge < -0.3 is 24.6 Å². The van der Waals surface area contributed by atoms with Crippen LogP contribution in [0.4, 0.5) is 13.2 Å². The molecule has 0 amide bonds. The van der Waals surface area contributed by atoms with Gasteiger partial charge in [0.25, 0.3) is 0 Å². The molecule has 0 aliphatic heterocycles. The Bertz CT molecular complexity index is 821. The second-order valence-corrected chi connectivity index (χ2v) is 8.54. The number of halogens is 3. The molecule has 0 aliphatic rings. The molecule has 7 nitrogen and oxygen atoms in total. The van der Waals surface area contributed by atoms with Gasteiger partial charge in [-0.1, -0.05) is 31.1 Å². The lowest BCUT2D eigenvalue weighted by molar-refractivity contribution is -0.139. The summed E-state index contributed by atoms with van der Waals surface area (Å²) < 4.78 is 56.4. The maximum absolute atomic E-state index is 13.6. The largest absolute Gasteiger partial charge is 0.491 e. The summed E-state index contributed by atoms with van der Waals surface area (Å²) in [5.41, 5.74) is 4.44. The van der Waals surface area contributed by atoms with Gasteiger partial charge in [0, 0.05) is 12.2 Å². The van der Waals surface area contributed by atoms with Crippen LogP contribution in [0.25, 0.3) is 10.6 Å². The Hall–Kier alpha value is -1.36. The quantitative estimate of drug-likeness (QED) is 0.321. The maximum Gasteiger partial charge on any atom is 0.419 e. The standard InChI is InChI=1S/C19H27F3N3O4PS/c1-3-4-5-8-27-9-10-28-15-7-6-13(11-14(15)19(20,21)22)16-24-25-17(31-16)18(2,23)12-29-30-26/h6-7,11,26,30H,3-5,8-10,12,23H2,1-2H3/t18-/m0/s1. The molecule has 0 fully saturated rings. The number of alkyl halides is 3. The van der Waals surface area contributed by atoms with Crippen molar-refractivity contribution in [2.45, 2.75) is 44.8 Å². The predicted molar refractivity (Wildman–Crippen MR) is 114 cm³/mol. The molecule has 2 rings (SSSR count). The van der Waals surface area contributed by atoms with Crippen LogP contribution in [0.3, 0.4) is 0 Å². The van der Waals surface area contributed by atoms with Crippen LogP contribution in [0.15, 0.2) is 18.2 Å². The number of ether oxygens (including phenoxy) is 2. The summed E-state index contributed by atoms with van der Waals surface area (Å²) in [5, 5.41) is 8.62. The highest BCUT2D eigenvalue weighted by atomic mass is 32.1. The van der Waals surface area contributed by atoms with Crippen LogP contribution in [-0.4, -0.2) is 41.5 Å². The van der Waals surface area contributed by atoms with E-state index in [1.165, 1.54) is 12.1 Å². The number of nitrogens with zero attached hydrogens (tertiary/aromatic N) is 2. The molecule has 31 heavy (non-hydrogen) atoms. The van der Waals surface area contributed by atoms with E-state index in [-0.39, 0.29) is 36.1 Å². The lowest BCUT2D eigenvalue weighted by Crippen LogP contribution is -2.37. The van der Waals surface area contributed by atoms with Crippen LogP contribution in [-0.2, 0) is 21.0 Å². The van der Waals surface area contributed by atoms with Crippen molar-refractivity contribution in [3.8, 4) is 16.3 Å². The predicted octanol–water partition coefficient (Wildman–Crippen LogP) is 4.50. The fraction of sp³-hybridized carbons (Fsp3) is 0.579. The van der Waals surface area contributed by atoms with Gasteiger partial charge in [-0.05, 0) is 31.5 Å². The van der Waals surface area contributed by atoms with Crippen LogP contribution >= 0.6 is 20.4 Å². The summed E-state index contributed by atoms with van der Waals surface area (Å²) in [5.74, 6) is -0.265. The highest BCUT2D eigenvalue weighted by Crippen LogP contribution is 2.40. The summed E-state index contributed by atoms with van der Waals surface area (Å²) >= 11 is 1.07. The molecule has 0 bridgehead atoms. The molecule has 3 N–H and O–H groups in total. The Morgan fingerprint density at radius 2 is 1.94 bits per heavy atom. The average molecular weight is 481 g/mol. The van der Waals surface area contributed by atoms with Crippen molar-refractivity contribution >= 4 is 20.4 Å². The van der Waals surface area contributed by atoms with Crippen molar-refractivity contribution in [1.82, 2.24) is 10.2 Å². The highest BCUT2D eigenvalue weighted by Gasteiger charge is 2.35. The maximum atomic E-state index is 13.6. The summed E-state index contributed by atoms with van der Waals surface area (Å²) in [6, 6.07) is 3.76. The minimum Gasteiger partial charge on any atom is -0.491 e. The third-order valence-corrected chi connectivity index (χ3v) is 5.78. The zero-order chi connectivity index (χ0) is 22.9. The second kappa shape index (κ2) is 12.0. The molecule has 2 atom stereocenters. The van der Waals surface area contributed by atoms with Crippen molar-refractivity contribution in [2.24, 2.45) is 5.73 Å². The lowest BCUT2D eigenvalue weighted by atomic mass is 10.1. The third kappa shape index (κ3) is 7.93. The van der Waals surface area contributed by atoms with Gasteiger partial charge in [-0.3, -0.25) is 0 Å². The fourth-order valence-corrected chi connectivity index (χ4v) is 3.84. The molecule has 0 saturated heterocycles. The number of aromatic nitrogens is 2. The summed E-state index contributed by atoms with van der Waals surface area (Å²) in [4.78, 5) is 8.81. The average Bonchev–Trinajstić information content (AvgIpc) is 3.22. The minimum atomic E-state index is -4.60. The van der Waals surface area contributed by atoms with Crippen molar-refractivity contribution in [1.29, 1.82) is 0 Å². The molecule has 174 valence electrons. The van der Waals surface area contributed by atoms with Gasteiger partial charge in [0.1, 0.15) is 22.4 Å². The third-order valence-electron chi connectivity index (χ3n) is 4.26. The Morgan fingerprint density at radius 1 is 1.16 bits per heavy atom. The number of nitrogens with two attached hydrogens (primary N) is 1. The molecular weight excluding hydrogens is 454 g/mol. The van der Waals surface area contributed by atoms with Gasteiger partial charge in [0.15, 0.2) is 9.03 Å². The SMILES string of the molecule is CCCCCOCCOc1ccc(-c2nnc([C@@](C)(N)COPO)s2)cc1C(F)(F)F. The van der Waals surface area contributed by atoms with Crippen molar-refractivity contribution in [3.05, 3.63) is 28.8 Å². The number of hydrogen-bond acceptors (Lipinski definition) is 8. The first-order valence-electron chi connectivity index (χ1n) is 9.75. The van der Waals surface area contributed by atoms with Gasteiger partial charge in [-0.2, -0.15) is 13.2 Å². The molecule has 0 radical (unpaired) electrons. The zero-order valence-electron chi connectivity index (χ0n) is 17.4. The van der Waals surface area contributed by atoms with Crippen LogP contribution < -0.4 is 10.5 Å². The summed E-state index contributed by atoms with van der Waals surface area (Å²) in [6.45, 7) is 4.51. The molecule has 1 aromatic heterocycles. The molecule has 1 heterocycles. The van der Waals surface area contributed by atoms with Gasteiger partial charge >= 0.3 is 6.18 Å². The topological polar surface area (TPSA) is 99.7 Å². The van der Waals surface area contributed by atoms with Crippen LogP contribution in [0, 0.1) is 0 Å². The number of hydrogen-bond donors (Lipinski definition) is 2. The van der Waals surface area contributed by atoms with E-state index in [1.807, 2.05) is 0 Å².